The number of rotatable bonds is 3. The molecule has 0 aliphatic carbocycles. The topological polar surface area (TPSA) is 41.6 Å². The lowest BCUT2D eigenvalue weighted by atomic mass is 10.2. The molecule has 1 aromatic rings. The van der Waals surface area contributed by atoms with Gasteiger partial charge in [-0.15, -0.1) is 0 Å². The fraction of sp³-hybridized carbons (Fsp3) is 0.500. The van der Waals surface area contributed by atoms with Crippen molar-refractivity contribution in [3.63, 3.8) is 0 Å². The number of carbonyl (C=O) groups is 1. The summed E-state index contributed by atoms with van der Waals surface area (Å²) in [6, 6.07) is 5.17. The minimum absolute atomic E-state index is 0.101. The molecule has 2 rings (SSSR count). The number of carbonyl (C=O) groups excluding carboxylic acids is 1. The highest BCUT2D eigenvalue weighted by molar-refractivity contribution is 6.43. The predicted octanol–water partition coefficient (Wildman–Crippen LogP) is 3.04. The summed E-state index contributed by atoms with van der Waals surface area (Å²) in [4.78, 5) is 14.1. The summed E-state index contributed by atoms with van der Waals surface area (Å²) in [6.45, 7) is 5.84. The molecule has 0 unspecified atom stereocenters. The third kappa shape index (κ3) is 4.09. The summed E-state index contributed by atoms with van der Waals surface area (Å²) in [5, 5.41) is 3.59. The molecule has 2 atom stereocenters. The third-order valence-corrected chi connectivity index (χ3v) is 3.91. The van der Waals surface area contributed by atoms with E-state index < -0.39 is 0 Å². The van der Waals surface area contributed by atoms with Gasteiger partial charge in [0.15, 0.2) is 0 Å². The van der Waals surface area contributed by atoms with Crippen molar-refractivity contribution in [1.29, 1.82) is 0 Å². The molecule has 1 amide bonds. The highest BCUT2D eigenvalue weighted by atomic mass is 35.5. The maximum absolute atomic E-state index is 12.1. The standard InChI is InChI=1S/C14H18Cl2N2O2/c1-9-6-18(7-10(2)20-9)8-13(19)17-12-5-3-4-11(15)14(12)16/h3-5,9-10H,6-8H2,1-2H3,(H,17,19)/t9-,10+. The first-order chi connectivity index (χ1) is 9.45. The van der Waals surface area contributed by atoms with Crippen LogP contribution in [0.5, 0.6) is 0 Å². The van der Waals surface area contributed by atoms with E-state index in [1.165, 1.54) is 0 Å². The van der Waals surface area contributed by atoms with Gasteiger partial charge >= 0.3 is 0 Å². The van der Waals surface area contributed by atoms with Crippen LogP contribution in [0.3, 0.4) is 0 Å². The zero-order valence-corrected chi connectivity index (χ0v) is 13.0. The molecule has 0 spiro atoms. The molecule has 110 valence electrons. The number of halogens is 2. The zero-order chi connectivity index (χ0) is 14.7. The minimum Gasteiger partial charge on any atom is -0.373 e. The summed E-state index contributed by atoms with van der Waals surface area (Å²) in [7, 11) is 0. The van der Waals surface area contributed by atoms with Crippen LogP contribution in [-0.2, 0) is 9.53 Å². The van der Waals surface area contributed by atoms with Crippen molar-refractivity contribution in [1.82, 2.24) is 4.90 Å². The maximum Gasteiger partial charge on any atom is 0.238 e. The Kier molecular flexibility index (Phi) is 5.27. The number of nitrogens with zero attached hydrogens (tertiary/aromatic N) is 1. The van der Waals surface area contributed by atoms with Gasteiger partial charge in [-0.05, 0) is 26.0 Å². The Morgan fingerprint density at radius 2 is 2.00 bits per heavy atom. The number of ether oxygens (including phenoxy) is 1. The van der Waals surface area contributed by atoms with Crippen LogP contribution in [0, 0.1) is 0 Å². The number of hydrogen-bond acceptors (Lipinski definition) is 3. The summed E-state index contributed by atoms with van der Waals surface area (Å²) in [5.74, 6) is -0.101. The molecular formula is C14H18Cl2N2O2. The molecule has 1 heterocycles. The van der Waals surface area contributed by atoms with Gasteiger partial charge in [-0.1, -0.05) is 29.3 Å². The Morgan fingerprint density at radius 3 is 2.65 bits per heavy atom. The monoisotopic (exact) mass is 316 g/mol. The molecule has 0 radical (unpaired) electrons. The smallest absolute Gasteiger partial charge is 0.238 e. The quantitative estimate of drug-likeness (QED) is 0.932. The average Bonchev–Trinajstić information content (AvgIpc) is 2.33. The van der Waals surface area contributed by atoms with Crippen LogP contribution < -0.4 is 5.32 Å². The molecule has 1 saturated heterocycles. The molecule has 0 aromatic heterocycles. The van der Waals surface area contributed by atoms with Crippen molar-refractivity contribution in [2.75, 3.05) is 25.0 Å². The van der Waals surface area contributed by atoms with E-state index in [1.807, 2.05) is 13.8 Å². The summed E-state index contributed by atoms with van der Waals surface area (Å²) in [5.41, 5.74) is 0.540. The van der Waals surface area contributed by atoms with E-state index in [0.29, 0.717) is 22.3 Å². The highest BCUT2D eigenvalue weighted by Gasteiger charge is 2.23. The van der Waals surface area contributed by atoms with Gasteiger partial charge in [0.1, 0.15) is 0 Å². The van der Waals surface area contributed by atoms with Crippen LogP contribution in [0.1, 0.15) is 13.8 Å². The van der Waals surface area contributed by atoms with Gasteiger partial charge in [0.2, 0.25) is 5.91 Å². The van der Waals surface area contributed by atoms with Crippen LogP contribution in [0.25, 0.3) is 0 Å². The van der Waals surface area contributed by atoms with E-state index in [-0.39, 0.29) is 18.1 Å². The van der Waals surface area contributed by atoms with Crippen molar-refractivity contribution in [2.45, 2.75) is 26.1 Å². The Morgan fingerprint density at radius 1 is 1.35 bits per heavy atom. The molecule has 0 saturated carbocycles. The van der Waals surface area contributed by atoms with Crippen LogP contribution in [0.15, 0.2) is 18.2 Å². The van der Waals surface area contributed by atoms with Crippen molar-refractivity contribution >= 4 is 34.8 Å². The fourth-order valence-electron chi connectivity index (χ4n) is 2.41. The Balaban J connectivity index is 1.94. The van der Waals surface area contributed by atoms with E-state index in [0.717, 1.165) is 13.1 Å². The number of nitrogens with one attached hydrogen (secondary N) is 1. The Labute approximate surface area is 129 Å². The molecule has 4 nitrogen and oxygen atoms in total. The Hall–Kier alpha value is -0.810. The number of hydrogen-bond donors (Lipinski definition) is 1. The largest absolute Gasteiger partial charge is 0.373 e. The normalized spacial score (nSPS) is 23.6. The lowest BCUT2D eigenvalue weighted by Gasteiger charge is -2.34. The SMILES string of the molecule is C[C@@H]1CN(CC(=O)Nc2cccc(Cl)c2Cl)C[C@H](C)O1. The molecule has 1 aliphatic rings. The number of amides is 1. The number of anilines is 1. The van der Waals surface area contributed by atoms with Gasteiger partial charge < -0.3 is 10.1 Å². The van der Waals surface area contributed by atoms with E-state index in [9.17, 15) is 4.79 Å². The summed E-state index contributed by atoms with van der Waals surface area (Å²) < 4.78 is 5.64. The van der Waals surface area contributed by atoms with Crippen molar-refractivity contribution in [3.8, 4) is 0 Å². The van der Waals surface area contributed by atoms with Gasteiger partial charge in [-0.2, -0.15) is 0 Å². The second-order valence-electron chi connectivity index (χ2n) is 5.10. The molecular weight excluding hydrogens is 299 g/mol. The van der Waals surface area contributed by atoms with E-state index in [4.69, 9.17) is 27.9 Å². The molecule has 1 aliphatic heterocycles. The van der Waals surface area contributed by atoms with Crippen molar-refractivity contribution < 1.29 is 9.53 Å². The first-order valence-electron chi connectivity index (χ1n) is 6.57. The van der Waals surface area contributed by atoms with Crippen LogP contribution >= 0.6 is 23.2 Å². The molecule has 1 N–H and O–H groups in total. The van der Waals surface area contributed by atoms with E-state index in [2.05, 4.69) is 10.2 Å². The zero-order valence-electron chi connectivity index (χ0n) is 11.5. The fourth-order valence-corrected chi connectivity index (χ4v) is 2.75. The number of morpholine rings is 1. The van der Waals surface area contributed by atoms with E-state index in [1.54, 1.807) is 18.2 Å². The Bertz CT molecular complexity index is 486. The first kappa shape index (κ1) is 15.6. The first-order valence-corrected chi connectivity index (χ1v) is 7.33. The molecule has 0 bridgehead atoms. The molecule has 6 heteroatoms. The molecule has 1 aromatic carbocycles. The summed E-state index contributed by atoms with van der Waals surface area (Å²) >= 11 is 12.0. The lowest BCUT2D eigenvalue weighted by molar-refractivity contribution is -0.121. The third-order valence-electron chi connectivity index (χ3n) is 3.09. The van der Waals surface area contributed by atoms with Crippen molar-refractivity contribution in [2.24, 2.45) is 0 Å². The van der Waals surface area contributed by atoms with Gasteiger partial charge in [0.25, 0.3) is 0 Å². The summed E-state index contributed by atoms with van der Waals surface area (Å²) in [6.07, 6.45) is 0.280. The molecule has 20 heavy (non-hydrogen) atoms. The average molecular weight is 317 g/mol. The highest BCUT2D eigenvalue weighted by Crippen LogP contribution is 2.29. The van der Waals surface area contributed by atoms with Gasteiger partial charge in [-0.25, -0.2) is 0 Å². The minimum atomic E-state index is -0.101. The van der Waals surface area contributed by atoms with Crippen molar-refractivity contribution in [3.05, 3.63) is 28.2 Å². The van der Waals surface area contributed by atoms with Gasteiger partial charge in [0.05, 0.1) is 34.5 Å². The maximum atomic E-state index is 12.1. The van der Waals surface area contributed by atoms with Crippen LogP contribution in [0.4, 0.5) is 5.69 Å². The van der Waals surface area contributed by atoms with Gasteiger partial charge in [0, 0.05) is 13.1 Å². The molecule has 1 fully saturated rings. The predicted molar refractivity (Wildman–Crippen MR) is 81.5 cm³/mol. The van der Waals surface area contributed by atoms with Gasteiger partial charge in [-0.3, -0.25) is 9.69 Å². The van der Waals surface area contributed by atoms with E-state index >= 15 is 0 Å². The lowest BCUT2D eigenvalue weighted by Crippen LogP contribution is -2.48. The second-order valence-corrected chi connectivity index (χ2v) is 5.89. The number of benzene rings is 1. The van der Waals surface area contributed by atoms with Crippen LogP contribution in [-0.4, -0.2) is 42.6 Å². The van der Waals surface area contributed by atoms with Crippen LogP contribution in [0.2, 0.25) is 10.0 Å². The second kappa shape index (κ2) is 6.76.